The first-order valence-electron chi connectivity index (χ1n) is 8.49. The van der Waals surface area contributed by atoms with Crippen LogP contribution in [0.25, 0.3) is 11.3 Å². The van der Waals surface area contributed by atoms with E-state index in [9.17, 15) is 23.9 Å². The average molecular weight is 400 g/mol. The number of esters is 1. The first-order chi connectivity index (χ1) is 13.8. The number of nitrogens with one attached hydrogen (secondary N) is 1. The number of carbonyl (C=O) groups excluding carboxylic acids is 2. The molecule has 0 aliphatic rings. The van der Waals surface area contributed by atoms with Crippen molar-refractivity contribution >= 4 is 11.9 Å². The fraction of sp³-hybridized carbons (Fsp3) is 0.150. The van der Waals surface area contributed by atoms with E-state index in [-0.39, 0.29) is 28.2 Å². The Labute approximate surface area is 163 Å². The molecule has 0 bridgehead atoms. The molecule has 0 aliphatic carbocycles. The predicted octanol–water partition coefficient (Wildman–Crippen LogP) is 2.27. The first kappa shape index (κ1) is 19.9. The summed E-state index contributed by atoms with van der Waals surface area (Å²) in [6.45, 7) is 0. The largest absolute Gasteiger partial charge is 0.506 e. The van der Waals surface area contributed by atoms with E-state index in [4.69, 9.17) is 10.2 Å². The maximum atomic E-state index is 14.0. The smallest absolute Gasteiger partial charge is 0.343 e. The fourth-order valence-corrected chi connectivity index (χ4v) is 3.02. The number of nitrogens with two attached hydrogens (primary N) is 1. The minimum atomic E-state index is -1.11. The van der Waals surface area contributed by atoms with Gasteiger partial charge in [-0.05, 0) is 24.3 Å². The van der Waals surface area contributed by atoms with Gasteiger partial charge in [-0.25, -0.2) is 9.18 Å². The highest BCUT2D eigenvalue weighted by Crippen LogP contribution is 2.36. The molecule has 0 saturated heterocycles. The summed E-state index contributed by atoms with van der Waals surface area (Å²) in [7, 11) is 1.11. The van der Waals surface area contributed by atoms with E-state index in [1.54, 1.807) is 6.07 Å². The summed E-state index contributed by atoms with van der Waals surface area (Å²) in [6.07, 6.45) is 0.604. The Bertz CT molecular complexity index is 1130. The van der Waals surface area contributed by atoms with Crippen LogP contribution in [0.3, 0.4) is 0 Å². The van der Waals surface area contributed by atoms with Gasteiger partial charge in [0.2, 0.25) is 5.91 Å². The van der Waals surface area contributed by atoms with Crippen molar-refractivity contribution in [1.82, 2.24) is 4.98 Å². The number of rotatable bonds is 6. The van der Waals surface area contributed by atoms with Crippen molar-refractivity contribution in [2.45, 2.75) is 12.3 Å². The number of pyridine rings is 1. The lowest BCUT2D eigenvalue weighted by Gasteiger charge is -2.15. The molecular formula is C20H17FN2O6. The minimum Gasteiger partial charge on any atom is -0.506 e. The molecule has 3 rings (SSSR count). The number of halogens is 1. The molecule has 0 spiro atoms. The van der Waals surface area contributed by atoms with Crippen molar-refractivity contribution in [2.24, 2.45) is 5.73 Å². The number of aromatic hydroxyl groups is 1. The van der Waals surface area contributed by atoms with Crippen LogP contribution in [0.15, 0.2) is 51.8 Å². The Morgan fingerprint density at radius 1 is 1.28 bits per heavy atom. The van der Waals surface area contributed by atoms with Gasteiger partial charge in [0.15, 0.2) is 0 Å². The number of aromatic amines is 1. The van der Waals surface area contributed by atoms with Crippen molar-refractivity contribution < 1.29 is 28.2 Å². The molecule has 0 radical (unpaired) electrons. The van der Waals surface area contributed by atoms with Gasteiger partial charge < -0.3 is 25.0 Å². The Balaban J connectivity index is 2.14. The number of carbonyl (C=O) groups is 2. The van der Waals surface area contributed by atoms with Gasteiger partial charge in [-0.2, -0.15) is 0 Å². The summed E-state index contributed by atoms with van der Waals surface area (Å²) >= 11 is 0. The second-order valence-corrected chi connectivity index (χ2v) is 6.19. The number of hydrogen-bond acceptors (Lipinski definition) is 6. The number of hydrogen-bond donors (Lipinski definition) is 3. The molecule has 2 aromatic heterocycles. The zero-order chi connectivity index (χ0) is 21.1. The summed E-state index contributed by atoms with van der Waals surface area (Å²) in [4.78, 5) is 38.2. The van der Waals surface area contributed by atoms with Crippen molar-refractivity contribution in [1.29, 1.82) is 0 Å². The molecule has 0 fully saturated rings. The van der Waals surface area contributed by atoms with Gasteiger partial charge in [-0.15, -0.1) is 0 Å². The van der Waals surface area contributed by atoms with Gasteiger partial charge >= 0.3 is 5.97 Å². The summed E-state index contributed by atoms with van der Waals surface area (Å²) < 4.78 is 24.3. The van der Waals surface area contributed by atoms with Crippen LogP contribution in [0, 0.1) is 5.82 Å². The van der Waals surface area contributed by atoms with Crippen LogP contribution in [0.4, 0.5) is 4.39 Å². The molecule has 0 aliphatic heterocycles. The Morgan fingerprint density at radius 2 is 2.00 bits per heavy atom. The van der Waals surface area contributed by atoms with Crippen LogP contribution in [0.2, 0.25) is 0 Å². The third-order valence-corrected chi connectivity index (χ3v) is 4.37. The molecule has 2 heterocycles. The van der Waals surface area contributed by atoms with Crippen molar-refractivity contribution in [3.05, 3.63) is 75.7 Å². The van der Waals surface area contributed by atoms with E-state index in [0.29, 0.717) is 0 Å². The zero-order valence-electron chi connectivity index (χ0n) is 15.3. The van der Waals surface area contributed by atoms with E-state index >= 15 is 0 Å². The molecule has 4 N–H and O–H groups in total. The first-order valence-corrected chi connectivity index (χ1v) is 8.49. The van der Waals surface area contributed by atoms with Gasteiger partial charge in [-0.1, -0.05) is 12.1 Å². The molecule has 1 unspecified atom stereocenters. The van der Waals surface area contributed by atoms with Crippen LogP contribution >= 0.6 is 0 Å². The average Bonchev–Trinajstić information content (AvgIpc) is 3.16. The monoisotopic (exact) mass is 400 g/mol. The second-order valence-electron chi connectivity index (χ2n) is 6.19. The molecule has 9 heteroatoms. The third kappa shape index (κ3) is 3.88. The summed E-state index contributed by atoms with van der Waals surface area (Å²) in [5, 5.41) is 10.5. The molecule has 29 heavy (non-hydrogen) atoms. The lowest BCUT2D eigenvalue weighted by molar-refractivity contribution is -0.118. The number of aromatic nitrogens is 1. The van der Waals surface area contributed by atoms with Crippen LogP contribution in [-0.2, 0) is 9.53 Å². The van der Waals surface area contributed by atoms with Gasteiger partial charge in [0.05, 0.1) is 24.2 Å². The maximum absolute atomic E-state index is 14.0. The van der Waals surface area contributed by atoms with Crippen LogP contribution in [0.5, 0.6) is 5.75 Å². The molecule has 1 aromatic carbocycles. The fourth-order valence-electron chi connectivity index (χ4n) is 3.02. The number of amides is 1. The second kappa shape index (κ2) is 8.01. The van der Waals surface area contributed by atoms with E-state index < -0.39 is 41.3 Å². The number of primary amides is 1. The molecule has 0 saturated carbocycles. The quantitative estimate of drug-likeness (QED) is 0.543. The van der Waals surface area contributed by atoms with Crippen molar-refractivity contribution in [3.8, 4) is 17.1 Å². The van der Waals surface area contributed by atoms with Gasteiger partial charge in [0.1, 0.15) is 28.7 Å². The molecular weight excluding hydrogens is 383 g/mol. The van der Waals surface area contributed by atoms with Crippen LogP contribution in [-0.4, -0.2) is 29.1 Å². The standard InChI is InChI=1S/C20H17FN2O6/c1-28-20(27)12-9-23-19(26)17(18(12)25)11(8-16(22)24)15-7-6-14(29-15)10-4-2-3-5-13(10)21/h2-7,9,11H,8H2,1H3,(H2,22,24)(H2,23,25,26). The van der Waals surface area contributed by atoms with Crippen molar-refractivity contribution in [2.75, 3.05) is 7.11 Å². The summed E-state index contributed by atoms with van der Waals surface area (Å²) in [5.41, 5.74) is 4.16. The normalized spacial score (nSPS) is 11.8. The third-order valence-electron chi connectivity index (χ3n) is 4.37. The molecule has 150 valence electrons. The zero-order valence-corrected chi connectivity index (χ0v) is 15.3. The van der Waals surface area contributed by atoms with Crippen LogP contribution in [0.1, 0.15) is 34.0 Å². The highest BCUT2D eigenvalue weighted by atomic mass is 19.1. The van der Waals surface area contributed by atoms with Crippen LogP contribution < -0.4 is 11.3 Å². The minimum absolute atomic E-state index is 0.0878. The number of benzene rings is 1. The Morgan fingerprint density at radius 3 is 2.66 bits per heavy atom. The highest BCUT2D eigenvalue weighted by molar-refractivity contribution is 5.92. The Kier molecular flexibility index (Phi) is 5.49. The Hall–Kier alpha value is -3.88. The highest BCUT2D eigenvalue weighted by Gasteiger charge is 2.29. The van der Waals surface area contributed by atoms with Gasteiger partial charge in [0, 0.05) is 12.6 Å². The van der Waals surface area contributed by atoms with E-state index in [1.165, 1.54) is 30.3 Å². The molecule has 1 amide bonds. The van der Waals surface area contributed by atoms with E-state index in [1.807, 2.05) is 0 Å². The summed E-state index contributed by atoms with van der Waals surface area (Å²) in [6, 6.07) is 8.82. The summed E-state index contributed by atoms with van der Waals surface area (Å²) in [5.74, 6) is -3.70. The lowest BCUT2D eigenvalue weighted by atomic mass is 9.92. The van der Waals surface area contributed by atoms with E-state index in [2.05, 4.69) is 9.72 Å². The molecule has 8 nitrogen and oxygen atoms in total. The number of ether oxygens (including phenoxy) is 1. The van der Waals surface area contributed by atoms with Crippen molar-refractivity contribution in [3.63, 3.8) is 0 Å². The SMILES string of the molecule is COC(=O)c1c[nH]c(=O)c(C(CC(N)=O)c2ccc(-c3ccccc3F)o2)c1O. The lowest BCUT2D eigenvalue weighted by Crippen LogP contribution is -2.23. The van der Waals surface area contributed by atoms with Gasteiger partial charge in [0.25, 0.3) is 5.56 Å². The number of methoxy groups -OCH3 is 1. The van der Waals surface area contributed by atoms with E-state index in [0.717, 1.165) is 13.3 Å². The van der Waals surface area contributed by atoms with Gasteiger partial charge in [-0.3, -0.25) is 9.59 Å². The number of furan rings is 1. The number of H-pyrrole nitrogens is 1. The predicted molar refractivity (Wildman–Crippen MR) is 99.8 cm³/mol. The topological polar surface area (TPSA) is 136 Å². The maximum Gasteiger partial charge on any atom is 0.343 e. The molecule has 1 atom stereocenters. The molecule has 3 aromatic rings.